The Balaban J connectivity index is 2.08. The van der Waals surface area contributed by atoms with Gasteiger partial charge in [0, 0.05) is 23.7 Å². The van der Waals surface area contributed by atoms with Crippen molar-refractivity contribution in [1.29, 1.82) is 5.26 Å². The minimum atomic E-state index is -1.04. The molecule has 0 aliphatic carbocycles. The monoisotopic (exact) mass is 343 g/mol. The van der Waals surface area contributed by atoms with Gasteiger partial charge in [-0.05, 0) is 12.1 Å². The van der Waals surface area contributed by atoms with Gasteiger partial charge in [-0.25, -0.2) is 18.7 Å². The molecule has 0 atom stereocenters. The summed E-state index contributed by atoms with van der Waals surface area (Å²) in [6, 6.07) is 4.08. The second-order valence-electron chi connectivity index (χ2n) is 5.15. The molecular weight excluding hydrogens is 332 g/mol. The highest BCUT2D eigenvalue weighted by atomic mass is 19.1. The van der Waals surface area contributed by atoms with E-state index in [1.54, 1.807) is 0 Å². The van der Waals surface area contributed by atoms with Crippen LogP contribution in [0.4, 0.5) is 14.6 Å². The molecule has 7 nitrogen and oxygen atoms in total. The molecule has 0 spiro atoms. The third kappa shape index (κ3) is 3.23. The van der Waals surface area contributed by atoms with E-state index in [4.69, 9.17) is 5.11 Å². The number of hydrogen-bond donors (Lipinski definition) is 3. The van der Waals surface area contributed by atoms with E-state index in [2.05, 4.69) is 20.3 Å². The van der Waals surface area contributed by atoms with E-state index in [0.29, 0.717) is 16.6 Å². The van der Waals surface area contributed by atoms with Crippen LogP contribution in [0.2, 0.25) is 0 Å². The quantitative estimate of drug-likeness (QED) is 0.656. The predicted molar refractivity (Wildman–Crippen MR) is 84.7 cm³/mol. The Morgan fingerprint density at radius 1 is 1.40 bits per heavy atom. The van der Waals surface area contributed by atoms with Gasteiger partial charge in [-0.3, -0.25) is 4.79 Å². The van der Waals surface area contributed by atoms with Crippen LogP contribution in [0.25, 0.3) is 22.3 Å². The van der Waals surface area contributed by atoms with E-state index in [1.165, 1.54) is 12.3 Å². The maximum atomic E-state index is 14.1. The third-order valence-electron chi connectivity index (χ3n) is 3.48. The standard InChI is InChI=1S/C16H11F2N5O2/c17-9-4-10-11(7-22-15(10)21-6-9)14-8(5-19)3-12(18)16(23-14)20-2-1-13(24)25/h3-4,6-7H,1-2H2,(H,20,23)(H,21,22)(H,24,25). The summed E-state index contributed by atoms with van der Waals surface area (Å²) in [5.41, 5.74) is 0.887. The zero-order chi connectivity index (χ0) is 18.0. The highest BCUT2D eigenvalue weighted by Gasteiger charge is 2.17. The van der Waals surface area contributed by atoms with Crippen LogP contribution in [-0.4, -0.2) is 32.6 Å². The van der Waals surface area contributed by atoms with Crippen molar-refractivity contribution in [3.8, 4) is 17.3 Å². The Kier molecular flexibility index (Phi) is 4.26. The number of carbonyl (C=O) groups is 1. The van der Waals surface area contributed by atoms with Crippen molar-refractivity contribution < 1.29 is 18.7 Å². The summed E-state index contributed by atoms with van der Waals surface area (Å²) < 4.78 is 27.5. The predicted octanol–water partition coefficient (Wildman–Crippen LogP) is 2.66. The van der Waals surface area contributed by atoms with Crippen LogP contribution >= 0.6 is 0 Å². The molecule has 0 unspecified atom stereocenters. The first-order valence-corrected chi connectivity index (χ1v) is 7.19. The summed E-state index contributed by atoms with van der Waals surface area (Å²) >= 11 is 0. The van der Waals surface area contributed by atoms with Gasteiger partial charge in [-0.15, -0.1) is 0 Å². The number of nitrogens with zero attached hydrogens (tertiary/aromatic N) is 3. The highest BCUT2D eigenvalue weighted by Crippen LogP contribution is 2.31. The number of pyridine rings is 2. The molecule has 0 amide bonds. The van der Waals surface area contributed by atoms with Crippen molar-refractivity contribution in [1.82, 2.24) is 15.0 Å². The summed E-state index contributed by atoms with van der Waals surface area (Å²) in [5.74, 6) is -2.57. The lowest BCUT2D eigenvalue weighted by molar-refractivity contribution is -0.136. The normalized spacial score (nSPS) is 10.6. The molecule has 9 heteroatoms. The van der Waals surface area contributed by atoms with Crippen molar-refractivity contribution >= 4 is 22.8 Å². The van der Waals surface area contributed by atoms with Crippen LogP contribution in [-0.2, 0) is 4.79 Å². The number of carboxylic acids is 1. The van der Waals surface area contributed by atoms with Crippen molar-refractivity contribution in [2.45, 2.75) is 6.42 Å². The first-order chi connectivity index (χ1) is 12.0. The summed E-state index contributed by atoms with van der Waals surface area (Å²) in [6.07, 6.45) is 2.32. The van der Waals surface area contributed by atoms with Crippen molar-refractivity contribution in [2.24, 2.45) is 0 Å². The molecule has 3 aromatic heterocycles. The van der Waals surface area contributed by atoms with Crippen molar-refractivity contribution in [3.63, 3.8) is 0 Å². The number of carboxylic acid groups (broad SMARTS) is 1. The van der Waals surface area contributed by atoms with Crippen molar-refractivity contribution in [2.75, 3.05) is 11.9 Å². The molecule has 0 bridgehead atoms. The smallest absolute Gasteiger partial charge is 0.305 e. The summed E-state index contributed by atoms with van der Waals surface area (Å²) in [4.78, 5) is 21.4. The Hall–Kier alpha value is -3.54. The minimum absolute atomic E-state index is 0.0331. The van der Waals surface area contributed by atoms with Gasteiger partial charge < -0.3 is 15.4 Å². The largest absolute Gasteiger partial charge is 0.481 e. The van der Waals surface area contributed by atoms with Gasteiger partial charge in [0.25, 0.3) is 0 Å². The molecule has 3 heterocycles. The molecule has 0 fully saturated rings. The number of nitrogens with one attached hydrogen (secondary N) is 2. The number of H-pyrrole nitrogens is 1. The van der Waals surface area contributed by atoms with Gasteiger partial charge >= 0.3 is 5.97 Å². The van der Waals surface area contributed by atoms with E-state index in [9.17, 15) is 18.8 Å². The van der Waals surface area contributed by atoms with Gasteiger partial charge in [0.2, 0.25) is 0 Å². The molecule has 0 saturated heterocycles. The fourth-order valence-electron chi connectivity index (χ4n) is 2.37. The summed E-state index contributed by atoms with van der Waals surface area (Å²) in [7, 11) is 0. The van der Waals surface area contributed by atoms with Crippen LogP contribution in [0.1, 0.15) is 12.0 Å². The van der Waals surface area contributed by atoms with E-state index in [-0.39, 0.29) is 30.0 Å². The number of aliphatic carboxylic acids is 1. The first-order valence-electron chi connectivity index (χ1n) is 7.19. The number of aromatic amines is 1. The number of aromatic nitrogens is 3. The second kappa shape index (κ2) is 6.52. The second-order valence-corrected chi connectivity index (χ2v) is 5.15. The third-order valence-corrected chi connectivity index (χ3v) is 3.48. The molecule has 25 heavy (non-hydrogen) atoms. The van der Waals surface area contributed by atoms with Crippen molar-refractivity contribution in [3.05, 3.63) is 41.7 Å². The molecule has 126 valence electrons. The van der Waals surface area contributed by atoms with Crippen LogP contribution in [0.5, 0.6) is 0 Å². The van der Waals surface area contributed by atoms with Gasteiger partial charge in [-0.2, -0.15) is 5.26 Å². The van der Waals surface area contributed by atoms with E-state index < -0.39 is 17.6 Å². The zero-order valence-corrected chi connectivity index (χ0v) is 12.7. The van der Waals surface area contributed by atoms with Gasteiger partial charge in [0.15, 0.2) is 11.6 Å². The Morgan fingerprint density at radius 3 is 2.92 bits per heavy atom. The lowest BCUT2D eigenvalue weighted by Crippen LogP contribution is -2.10. The Morgan fingerprint density at radius 2 is 2.20 bits per heavy atom. The lowest BCUT2D eigenvalue weighted by Gasteiger charge is -2.09. The number of hydrogen-bond acceptors (Lipinski definition) is 5. The van der Waals surface area contributed by atoms with Gasteiger partial charge in [0.1, 0.15) is 17.5 Å². The fraction of sp³-hybridized carbons (Fsp3) is 0.125. The van der Waals surface area contributed by atoms with Crippen LogP contribution in [0, 0.1) is 23.0 Å². The molecule has 0 aliphatic rings. The molecule has 3 rings (SSSR count). The number of nitriles is 1. The maximum Gasteiger partial charge on any atom is 0.305 e. The Bertz CT molecular complexity index is 1010. The highest BCUT2D eigenvalue weighted by molar-refractivity contribution is 5.94. The van der Waals surface area contributed by atoms with Crippen LogP contribution in [0.3, 0.4) is 0 Å². The van der Waals surface area contributed by atoms with Gasteiger partial charge in [0.05, 0.1) is 23.9 Å². The number of anilines is 1. The average Bonchev–Trinajstić information content (AvgIpc) is 2.98. The van der Waals surface area contributed by atoms with Crippen LogP contribution < -0.4 is 5.32 Å². The summed E-state index contributed by atoms with van der Waals surface area (Å²) in [5, 5.41) is 20.9. The topological polar surface area (TPSA) is 115 Å². The zero-order valence-electron chi connectivity index (χ0n) is 12.7. The van der Waals surface area contributed by atoms with E-state index in [1.807, 2.05) is 6.07 Å². The molecular formula is C16H11F2N5O2. The van der Waals surface area contributed by atoms with Gasteiger partial charge in [-0.1, -0.05) is 0 Å². The number of rotatable bonds is 5. The average molecular weight is 343 g/mol. The molecule has 3 aromatic rings. The maximum absolute atomic E-state index is 14.1. The minimum Gasteiger partial charge on any atom is -0.481 e. The first kappa shape index (κ1) is 16.3. The molecule has 3 N–H and O–H groups in total. The number of fused-ring (bicyclic) bond motifs is 1. The number of halogens is 2. The Labute approximate surface area is 140 Å². The fourth-order valence-corrected chi connectivity index (χ4v) is 2.37. The van der Waals surface area contributed by atoms with E-state index >= 15 is 0 Å². The molecule has 0 aromatic carbocycles. The molecule has 0 saturated carbocycles. The molecule has 0 radical (unpaired) electrons. The molecule has 0 aliphatic heterocycles. The SMILES string of the molecule is N#Cc1cc(F)c(NCCC(=O)O)nc1-c1c[nH]c2ncc(F)cc12. The van der Waals surface area contributed by atoms with E-state index in [0.717, 1.165) is 12.3 Å². The summed E-state index contributed by atoms with van der Waals surface area (Å²) in [6.45, 7) is -0.0331. The van der Waals surface area contributed by atoms with Crippen LogP contribution in [0.15, 0.2) is 24.5 Å². The lowest BCUT2D eigenvalue weighted by atomic mass is 10.1.